The van der Waals surface area contributed by atoms with Crippen LogP contribution in [0, 0.1) is 0 Å². The number of aliphatic imine (C=N–C) groups is 1. The average molecular weight is 191 g/mol. The Morgan fingerprint density at radius 3 is 3.00 bits per heavy atom. The predicted molar refractivity (Wildman–Crippen MR) is 51.0 cm³/mol. The number of nitrogens with zero attached hydrogens (tertiary/aromatic N) is 1. The third-order valence-corrected chi connectivity index (χ3v) is 2.13. The summed E-state index contributed by atoms with van der Waals surface area (Å²) in [4.78, 5) is 14.5. The minimum absolute atomic E-state index is 0.325. The van der Waals surface area contributed by atoms with Crippen molar-refractivity contribution in [1.82, 2.24) is 0 Å². The van der Waals surface area contributed by atoms with Gasteiger partial charge in [0.15, 0.2) is 0 Å². The molecule has 0 aromatic rings. The third kappa shape index (κ3) is 1.52. The van der Waals surface area contributed by atoms with Crippen LogP contribution in [0.25, 0.3) is 0 Å². The SMILES string of the molecule is O=C(O)CC1(O)C=CC2=NC=CC2=C1. The fourth-order valence-corrected chi connectivity index (χ4v) is 1.51. The van der Waals surface area contributed by atoms with E-state index in [2.05, 4.69) is 4.99 Å². The molecule has 0 fully saturated rings. The van der Waals surface area contributed by atoms with Crippen molar-refractivity contribution in [3.8, 4) is 0 Å². The predicted octanol–water partition coefficient (Wildman–Crippen LogP) is 0.657. The molecule has 4 nitrogen and oxygen atoms in total. The van der Waals surface area contributed by atoms with Crippen LogP contribution in [0.4, 0.5) is 0 Å². The molecule has 0 saturated carbocycles. The van der Waals surface area contributed by atoms with E-state index in [0.717, 1.165) is 11.3 Å². The Kier molecular flexibility index (Phi) is 1.86. The highest BCUT2D eigenvalue weighted by molar-refractivity contribution is 6.13. The maximum absolute atomic E-state index is 10.5. The fourth-order valence-electron chi connectivity index (χ4n) is 1.51. The van der Waals surface area contributed by atoms with Crippen LogP contribution in [0.3, 0.4) is 0 Å². The Hall–Kier alpha value is -1.68. The first kappa shape index (κ1) is 8.90. The van der Waals surface area contributed by atoms with Crippen LogP contribution in [0.5, 0.6) is 0 Å². The number of carboxylic acid groups (broad SMARTS) is 1. The van der Waals surface area contributed by atoms with Crippen LogP contribution < -0.4 is 0 Å². The largest absolute Gasteiger partial charge is 0.481 e. The number of hydrogen-bond donors (Lipinski definition) is 2. The van der Waals surface area contributed by atoms with Crippen molar-refractivity contribution in [2.24, 2.45) is 4.99 Å². The molecule has 1 unspecified atom stereocenters. The molecule has 1 aliphatic heterocycles. The normalized spacial score (nSPS) is 28.4. The first-order chi connectivity index (χ1) is 6.59. The second kappa shape index (κ2) is 2.92. The second-order valence-electron chi connectivity index (χ2n) is 3.32. The van der Waals surface area contributed by atoms with Gasteiger partial charge >= 0.3 is 5.97 Å². The lowest BCUT2D eigenvalue weighted by molar-refractivity contribution is -0.139. The molecule has 1 atom stereocenters. The third-order valence-electron chi connectivity index (χ3n) is 2.13. The Bertz CT molecular complexity index is 404. The maximum Gasteiger partial charge on any atom is 0.306 e. The Morgan fingerprint density at radius 1 is 1.50 bits per heavy atom. The minimum Gasteiger partial charge on any atom is -0.481 e. The van der Waals surface area contributed by atoms with E-state index in [1.54, 1.807) is 18.4 Å². The Labute approximate surface area is 80.6 Å². The van der Waals surface area contributed by atoms with Crippen LogP contribution in [0.1, 0.15) is 6.42 Å². The molecule has 0 radical (unpaired) electrons. The van der Waals surface area contributed by atoms with E-state index >= 15 is 0 Å². The average Bonchev–Trinajstić information content (AvgIpc) is 2.48. The number of allylic oxidation sites excluding steroid dienone is 3. The molecule has 0 amide bonds. The van der Waals surface area contributed by atoms with Gasteiger partial charge < -0.3 is 10.2 Å². The lowest BCUT2D eigenvalue weighted by Crippen LogP contribution is -2.30. The molecule has 14 heavy (non-hydrogen) atoms. The number of fused-ring (bicyclic) bond motifs is 1. The molecule has 1 aliphatic carbocycles. The van der Waals surface area contributed by atoms with E-state index in [1.807, 2.05) is 0 Å². The van der Waals surface area contributed by atoms with Gasteiger partial charge in [-0.25, -0.2) is 0 Å². The van der Waals surface area contributed by atoms with Crippen molar-refractivity contribution in [2.75, 3.05) is 0 Å². The molecular weight excluding hydrogens is 182 g/mol. The van der Waals surface area contributed by atoms with Crippen molar-refractivity contribution in [3.05, 3.63) is 36.1 Å². The van der Waals surface area contributed by atoms with Gasteiger partial charge in [0.05, 0.1) is 12.1 Å². The monoisotopic (exact) mass is 191 g/mol. The standard InChI is InChI=1S/C10H9NO3/c12-9(13)6-10(14)3-1-8-7(5-10)2-4-11-8/h1-5,14H,6H2,(H,12,13). The smallest absolute Gasteiger partial charge is 0.306 e. The molecule has 0 saturated heterocycles. The number of hydrogen-bond acceptors (Lipinski definition) is 3. The van der Waals surface area contributed by atoms with E-state index in [9.17, 15) is 9.90 Å². The zero-order valence-corrected chi connectivity index (χ0v) is 7.34. The van der Waals surface area contributed by atoms with Crippen molar-refractivity contribution in [3.63, 3.8) is 0 Å². The Balaban J connectivity index is 2.29. The summed E-state index contributed by atoms with van der Waals surface area (Å²) in [5.41, 5.74) is 0.158. The van der Waals surface area contributed by atoms with Gasteiger partial charge in [-0.15, -0.1) is 0 Å². The van der Waals surface area contributed by atoms with Gasteiger partial charge in [-0.2, -0.15) is 0 Å². The highest BCUT2D eigenvalue weighted by Crippen LogP contribution is 2.25. The zero-order valence-electron chi connectivity index (χ0n) is 7.34. The van der Waals surface area contributed by atoms with Gasteiger partial charge in [0.25, 0.3) is 0 Å². The van der Waals surface area contributed by atoms with E-state index in [0.29, 0.717) is 0 Å². The summed E-state index contributed by atoms with van der Waals surface area (Å²) in [7, 11) is 0. The van der Waals surface area contributed by atoms with E-state index in [4.69, 9.17) is 5.11 Å². The molecule has 2 N–H and O–H groups in total. The summed E-state index contributed by atoms with van der Waals surface area (Å²) in [6.07, 6.45) is 7.65. The second-order valence-corrected chi connectivity index (χ2v) is 3.32. The molecule has 72 valence electrons. The number of aliphatic hydroxyl groups is 1. The number of carbonyl (C=O) groups is 1. The van der Waals surface area contributed by atoms with Crippen LogP contribution in [-0.2, 0) is 4.79 Å². The first-order valence-corrected chi connectivity index (χ1v) is 4.20. The van der Waals surface area contributed by atoms with Gasteiger partial charge in [-0.05, 0) is 24.3 Å². The molecule has 0 aromatic carbocycles. The summed E-state index contributed by atoms with van der Waals surface area (Å²) < 4.78 is 0. The van der Waals surface area contributed by atoms with Crippen LogP contribution in [-0.4, -0.2) is 27.5 Å². The van der Waals surface area contributed by atoms with E-state index < -0.39 is 11.6 Å². The molecular formula is C10H9NO3. The van der Waals surface area contributed by atoms with Gasteiger partial charge in [0, 0.05) is 11.8 Å². The molecule has 1 heterocycles. The molecule has 0 aromatic heterocycles. The van der Waals surface area contributed by atoms with Crippen molar-refractivity contribution < 1.29 is 15.0 Å². The summed E-state index contributed by atoms with van der Waals surface area (Å²) >= 11 is 0. The maximum atomic E-state index is 10.5. The van der Waals surface area contributed by atoms with E-state index in [-0.39, 0.29) is 6.42 Å². The quantitative estimate of drug-likeness (QED) is 0.673. The first-order valence-electron chi connectivity index (χ1n) is 4.20. The van der Waals surface area contributed by atoms with Crippen molar-refractivity contribution in [2.45, 2.75) is 12.0 Å². The molecule has 4 heteroatoms. The van der Waals surface area contributed by atoms with Crippen molar-refractivity contribution in [1.29, 1.82) is 0 Å². The van der Waals surface area contributed by atoms with Crippen LogP contribution >= 0.6 is 0 Å². The molecule has 0 bridgehead atoms. The summed E-state index contributed by atoms with van der Waals surface area (Å²) in [5, 5.41) is 18.5. The highest BCUT2D eigenvalue weighted by atomic mass is 16.4. The lowest BCUT2D eigenvalue weighted by atomic mass is 9.90. The van der Waals surface area contributed by atoms with Crippen LogP contribution in [0.2, 0.25) is 0 Å². The fraction of sp³-hybridized carbons (Fsp3) is 0.200. The lowest BCUT2D eigenvalue weighted by Gasteiger charge is -2.22. The summed E-state index contributed by atoms with van der Waals surface area (Å²) in [5.74, 6) is -1.03. The molecule has 2 aliphatic rings. The topological polar surface area (TPSA) is 69.9 Å². The number of aliphatic carboxylic acids is 1. The van der Waals surface area contributed by atoms with Gasteiger partial charge in [0.2, 0.25) is 0 Å². The van der Waals surface area contributed by atoms with Gasteiger partial charge in [-0.1, -0.05) is 0 Å². The summed E-state index contributed by atoms with van der Waals surface area (Å²) in [6.45, 7) is 0. The van der Waals surface area contributed by atoms with Crippen LogP contribution in [0.15, 0.2) is 41.1 Å². The molecule has 0 spiro atoms. The van der Waals surface area contributed by atoms with Gasteiger partial charge in [0.1, 0.15) is 5.60 Å². The zero-order chi connectivity index (χ0) is 10.2. The highest BCUT2D eigenvalue weighted by Gasteiger charge is 2.29. The van der Waals surface area contributed by atoms with Crippen molar-refractivity contribution >= 4 is 11.7 Å². The Morgan fingerprint density at radius 2 is 2.29 bits per heavy atom. The number of rotatable bonds is 2. The number of carboxylic acids is 1. The van der Waals surface area contributed by atoms with Gasteiger partial charge in [-0.3, -0.25) is 9.79 Å². The summed E-state index contributed by atoms with van der Waals surface area (Å²) in [6, 6.07) is 0. The van der Waals surface area contributed by atoms with E-state index in [1.165, 1.54) is 12.2 Å². The molecule has 2 rings (SSSR count). The minimum atomic E-state index is -1.38.